The summed E-state index contributed by atoms with van der Waals surface area (Å²) < 4.78 is 5.49. The van der Waals surface area contributed by atoms with E-state index in [-0.39, 0.29) is 23.0 Å². The minimum Gasteiger partial charge on any atom is -0.484 e. The van der Waals surface area contributed by atoms with Gasteiger partial charge in [-0.05, 0) is 59.6 Å². The Morgan fingerprint density at radius 3 is 2.24 bits per heavy atom. The van der Waals surface area contributed by atoms with Crippen LogP contribution in [0.2, 0.25) is 5.02 Å². The van der Waals surface area contributed by atoms with Gasteiger partial charge >= 0.3 is 0 Å². The fourth-order valence-electron chi connectivity index (χ4n) is 2.06. The molecule has 0 aliphatic rings. The maximum absolute atomic E-state index is 11.9. The maximum Gasteiger partial charge on any atom is 0.264 e. The number of thiocarbonyl (C=S) groups is 1. The van der Waals surface area contributed by atoms with Crippen LogP contribution < -0.4 is 15.4 Å². The first-order chi connectivity index (χ1) is 11.7. The zero-order valence-corrected chi connectivity index (χ0v) is 16.0. The predicted octanol–water partition coefficient (Wildman–Crippen LogP) is 4.53. The summed E-state index contributed by atoms with van der Waals surface area (Å²) in [6, 6.07) is 14.7. The second-order valence-electron chi connectivity index (χ2n) is 6.57. The first-order valence-electron chi connectivity index (χ1n) is 7.84. The molecule has 2 aromatic carbocycles. The third kappa shape index (κ3) is 6.36. The Balaban J connectivity index is 1.80. The second kappa shape index (κ2) is 8.32. The van der Waals surface area contributed by atoms with Crippen LogP contribution in [0.4, 0.5) is 5.69 Å². The van der Waals surface area contributed by atoms with E-state index < -0.39 is 0 Å². The van der Waals surface area contributed by atoms with Gasteiger partial charge in [-0.1, -0.05) is 44.5 Å². The summed E-state index contributed by atoms with van der Waals surface area (Å²) in [6.07, 6.45) is 0. The summed E-state index contributed by atoms with van der Waals surface area (Å²) >= 11 is 10.9. The van der Waals surface area contributed by atoms with Crippen LogP contribution in [0, 0.1) is 0 Å². The Hall–Kier alpha value is -2.11. The molecule has 0 saturated heterocycles. The summed E-state index contributed by atoms with van der Waals surface area (Å²) in [5.41, 5.74) is 2.03. The average Bonchev–Trinajstić information content (AvgIpc) is 2.54. The zero-order valence-electron chi connectivity index (χ0n) is 14.4. The molecular formula is C19H21ClN2O2S. The first-order valence-corrected chi connectivity index (χ1v) is 8.62. The van der Waals surface area contributed by atoms with E-state index >= 15 is 0 Å². The molecule has 2 aromatic rings. The molecule has 0 unspecified atom stereocenters. The van der Waals surface area contributed by atoms with Crippen molar-refractivity contribution in [2.45, 2.75) is 26.2 Å². The number of ether oxygens (including phenoxy) is 1. The van der Waals surface area contributed by atoms with Crippen LogP contribution in [0.15, 0.2) is 48.5 Å². The molecule has 6 heteroatoms. The van der Waals surface area contributed by atoms with Gasteiger partial charge in [0, 0.05) is 10.7 Å². The Morgan fingerprint density at radius 2 is 1.68 bits per heavy atom. The van der Waals surface area contributed by atoms with E-state index in [1.807, 2.05) is 24.3 Å². The molecule has 0 fully saturated rings. The number of hydrogen-bond acceptors (Lipinski definition) is 3. The molecule has 0 aliphatic heterocycles. The minimum atomic E-state index is -0.327. The quantitative estimate of drug-likeness (QED) is 0.770. The van der Waals surface area contributed by atoms with Crippen LogP contribution in [-0.4, -0.2) is 17.6 Å². The molecule has 0 heterocycles. The number of carbonyl (C=O) groups excluding carboxylic acids is 1. The van der Waals surface area contributed by atoms with Crippen LogP contribution in [0.1, 0.15) is 26.3 Å². The molecule has 25 heavy (non-hydrogen) atoms. The number of nitrogens with one attached hydrogen (secondary N) is 2. The molecule has 0 atom stereocenters. The van der Waals surface area contributed by atoms with Crippen molar-refractivity contribution in [3.8, 4) is 5.75 Å². The third-order valence-electron chi connectivity index (χ3n) is 3.45. The van der Waals surface area contributed by atoms with Crippen LogP contribution in [0.25, 0.3) is 0 Å². The molecule has 2 N–H and O–H groups in total. The fourth-order valence-corrected chi connectivity index (χ4v) is 2.42. The van der Waals surface area contributed by atoms with Gasteiger partial charge in [-0.25, -0.2) is 0 Å². The van der Waals surface area contributed by atoms with E-state index in [1.54, 1.807) is 24.3 Å². The second-order valence-corrected chi connectivity index (χ2v) is 7.42. The van der Waals surface area contributed by atoms with E-state index in [9.17, 15) is 4.79 Å². The van der Waals surface area contributed by atoms with Gasteiger partial charge in [0.05, 0.1) is 0 Å². The average molecular weight is 377 g/mol. The highest BCUT2D eigenvalue weighted by molar-refractivity contribution is 7.80. The van der Waals surface area contributed by atoms with Crippen molar-refractivity contribution in [3.05, 3.63) is 59.1 Å². The molecule has 0 saturated carbocycles. The lowest BCUT2D eigenvalue weighted by Crippen LogP contribution is -2.37. The summed E-state index contributed by atoms with van der Waals surface area (Å²) in [4.78, 5) is 11.9. The third-order valence-corrected chi connectivity index (χ3v) is 3.90. The van der Waals surface area contributed by atoms with Gasteiger partial charge in [-0.2, -0.15) is 0 Å². The number of anilines is 1. The molecular weight excluding hydrogens is 356 g/mol. The summed E-state index contributed by atoms with van der Waals surface area (Å²) in [6.45, 7) is 6.32. The Labute approximate surface area is 158 Å². The SMILES string of the molecule is CC(C)(C)c1ccc(OCC(=O)NC(=S)Nc2ccc(Cl)cc2)cc1. The summed E-state index contributed by atoms with van der Waals surface area (Å²) in [7, 11) is 0. The summed E-state index contributed by atoms with van der Waals surface area (Å²) in [5.74, 6) is 0.311. The van der Waals surface area contributed by atoms with E-state index in [0.29, 0.717) is 10.8 Å². The van der Waals surface area contributed by atoms with Crippen molar-refractivity contribution in [1.82, 2.24) is 5.32 Å². The molecule has 0 radical (unpaired) electrons. The number of amides is 1. The van der Waals surface area contributed by atoms with Gasteiger partial charge in [0.1, 0.15) is 5.75 Å². The number of hydrogen-bond donors (Lipinski definition) is 2. The highest BCUT2D eigenvalue weighted by Gasteiger charge is 2.13. The topological polar surface area (TPSA) is 50.4 Å². The van der Waals surface area contributed by atoms with Crippen molar-refractivity contribution < 1.29 is 9.53 Å². The molecule has 0 aromatic heterocycles. The van der Waals surface area contributed by atoms with Gasteiger partial charge in [-0.3, -0.25) is 10.1 Å². The number of benzene rings is 2. The van der Waals surface area contributed by atoms with Gasteiger partial charge in [0.25, 0.3) is 5.91 Å². The van der Waals surface area contributed by atoms with Gasteiger partial charge in [-0.15, -0.1) is 0 Å². The lowest BCUT2D eigenvalue weighted by Gasteiger charge is -2.19. The standard InChI is InChI=1S/C19H21ClN2O2S/c1-19(2,3)13-4-10-16(11-5-13)24-12-17(23)22-18(25)21-15-8-6-14(20)7-9-15/h4-11H,12H2,1-3H3,(H2,21,22,23,25). The molecule has 0 spiro atoms. The van der Waals surface area contributed by atoms with Crippen molar-refractivity contribution in [3.63, 3.8) is 0 Å². The van der Waals surface area contributed by atoms with Gasteiger partial charge in [0.15, 0.2) is 11.7 Å². The van der Waals surface area contributed by atoms with E-state index in [2.05, 4.69) is 31.4 Å². The summed E-state index contributed by atoms with van der Waals surface area (Å²) in [5, 5.41) is 6.32. The Kier molecular flexibility index (Phi) is 6.39. The van der Waals surface area contributed by atoms with Crippen molar-refractivity contribution >= 4 is 40.5 Å². The number of rotatable bonds is 4. The van der Waals surface area contributed by atoms with Crippen LogP contribution >= 0.6 is 23.8 Å². The largest absolute Gasteiger partial charge is 0.484 e. The Morgan fingerprint density at radius 1 is 1.08 bits per heavy atom. The smallest absolute Gasteiger partial charge is 0.264 e. The molecule has 2 rings (SSSR count). The maximum atomic E-state index is 11.9. The molecule has 4 nitrogen and oxygen atoms in total. The minimum absolute atomic E-state index is 0.0788. The molecule has 0 bridgehead atoms. The zero-order chi connectivity index (χ0) is 18.4. The van der Waals surface area contributed by atoms with E-state index in [1.165, 1.54) is 5.56 Å². The normalized spacial score (nSPS) is 10.9. The number of carbonyl (C=O) groups is 1. The van der Waals surface area contributed by atoms with Crippen molar-refractivity contribution in [1.29, 1.82) is 0 Å². The predicted molar refractivity (Wildman–Crippen MR) is 106 cm³/mol. The van der Waals surface area contributed by atoms with Gasteiger partial charge in [0.2, 0.25) is 0 Å². The molecule has 1 amide bonds. The Bertz CT molecular complexity index is 738. The van der Waals surface area contributed by atoms with Crippen molar-refractivity contribution in [2.24, 2.45) is 0 Å². The van der Waals surface area contributed by atoms with Crippen LogP contribution in [-0.2, 0) is 10.2 Å². The van der Waals surface area contributed by atoms with Crippen LogP contribution in [0.5, 0.6) is 5.75 Å². The monoisotopic (exact) mass is 376 g/mol. The van der Waals surface area contributed by atoms with Crippen molar-refractivity contribution in [2.75, 3.05) is 11.9 Å². The lowest BCUT2D eigenvalue weighted by molar-refractivity contribution is -0.121. The van der Waals surface area contributed by atoms with Gasteiger partial charge < -0.3 is 10.1 Å². The number of halogens is 1. The lowest BCUT2D eigenvalue weighted by atomic mass is 9.87. The highest BCUT2D eigenvalue weighted by Crippen LogP contribution is 2.24. The van der Waals surface area contributed by atoms with E-state index in [0.717, 1.165) is 5.69 Å². The van der Waals surface area contributed by atoms with E-state index in [4.69, 9.17) is 28.6 Å². The first kappa shape index (κ1) is 19.2. The van der Waals surface area contributed by atoms with Crippen LogP contribution in [0.3, 0.4) is 0 Å². The highest BCUT2D eigenvalue weighted by atomic mass is 35.5. The molecule has 132 valence electrons. The molecule has 0 aliphatic carbocycles. The fraction of sp³-hybridized carbons (Fsp3) is 0.263.